The fraction of sp³-hybridized carbons (Fsp3) is 0.758. The van der Waals surface area contributed by atoms with Gasteiger partial charge < -0.3 is 14.6 Å². The summed E-state index contributed by atoms with van der Waals surface area (Å²) in [5.74, 6) is -0.627. The van der Waals surface area contributed by atoms with Crippen LogP contribution in [0.1, 0.15) is 142 Å². The molecule has 0 aliphatic heterocycles. The maximum Gasteiger partial charge on any atom is 0.306 e. The minimum absolute atomic E-state index is 0.0746. The van der Waals surface area contributed by atoms with Crippen LogP contribution in [0.3, 0.4) is 0 Å². The normalized spacial score (nSPS) is 12.6. The van der Waals surface area contributed by atoms with Crippen molar-refractivity contribution in [2.75, 3.05) is 13.2 Å². The van der Waals surface area contributed by atoms with Crippen molar-refractivity contribution in [3.63, 3.8) is 0 Å². The molecule has 0 heterocycles. The summed E-state index contributed by atoms with van der Waals surface area (Å²) in [4.78, 5) is 23.9. The second-order valence-electron chi connectivity index (χ2n) is 10.2. The van der Waals surface area contributed by atoms with Crippen molar-refractivity contribution in [2.45, 2.75) is 148 Å². The molecule has 1 atom stereocenters. The lowest BCUT2D eigenvalue weighted by molar-refractivity contribution is -0.161. The van der Waals surface area contributed by atoms with E-state index in [-0.39, 0.29) is 25.2 Å². The van der Waals surface area contributed by atoms with Crippen LogP contribution in [0.2, 0.25) is 0 Å². The first-order valence-electron chi connectivity index (χ1n) is 15.5. The molecule has 0 rings (SSSR count). The Hall–Kier alpha value is -1.88. The Morgan fingerprint density at radius 3 is 1.63 bits per heavy atom. The first-order chi connectivity index (χ1) is 18.6. The van der Waals surface area contributed by atoms with Crippen LogP contribution in [0.15, 0.2) is 36.5 Å². The zero-order chi connectivity index (χ0) is 27.9. The van der Waals surface area contributed by atoms with Gasteiger partial charge in [-0.3, -0.25) is 9.59 Å². The molecule has 5 heteroatoms. The van der Waals surface area contributed by atoms with E-state index in [0.29, 0.717) is 12.8 Å². The molecule has 0 spiro atoms. The predicted molar refractivity (Wildman–Crippen MR) is 159 cm³/mol. The Bertz CT molecular complexity index is 623. The average molecular weight is 535 g/mol. The second-order valence-corrected chi connectivity index (χ2v) is 10.2. The Morgan fingerprint density at radius 1 is 0.605 bits per heavy atom. The zero-order valence-electron chi connectivity index (χ0n) is 24.7. The van der Waals surface area contributed by atoms with Crippen LogP contribution in [-0.2, 0) is 19.1 Å². The van der Waals surface area contributed by atoms with Crippen molar-refractivity contribution < 1.29 is 24.2 Å². The van der Waals surface area contributed by atoms with Gasteiger partial charge in [0, 0.05) is 12.8 Å². The lowest BCUT2D eigenvalue weighted by atomic mass is 10.1. The quantitative estimate of drug-likeness (QED) is 0.0647. The van der Waals surface area contributed by atoms with Crippen molar-refractivity contribution in [1.29, 1.82) is 0 Å². The maximum absolute atomic E-state index is 12.0. The number of ether oxygens (including phenoxy) is 2. The van der Waals surface area contributed by atoms with Crippen LogP contribution in [0.25, 0.3) is 0 Å². The van der Waals surface area contributed by atoms with Gasteiger partial charge >= 0.3 is 11.9 Å². The number of carbonyl (C=O) groups is 2. The smallest absolute Gasteiger partial charge is 0.306 e. The third-order valence-electron chi connectivity index (χ3n) is 6.44. The average Bonchev–Trinajstić information content (AvgIpc) is 2.92. The molecule has 1 N–H and O–H groups in total. The summed E-state index contributed by atoms with van der Waals surface area (Å²) in [5.41, 5.74) is 0. The van der Waals surface area contributed by atoms with Crippen LogP contribution in [0.4, 0.5) is 0 Å². The van der Waals surface area contributed by atoms with E-state index in [1.54, 1.807) is 0 Å². The lowest BCUT2D eigenvalue weighted by Crippen LogP contribution is -2.28. The highest BCUT2D eigenvalue weighted by Crippen LogP contribution is 2.10. The van der Waals surface area contributed by atoms with Crippen LogP contribution >= 0.6 is 0 Å². The molecule has 0 aromatic heterocycles. The van der Waals surface area contributed by atoms with E-state index in [9.17, 15) is 14.7 Å². The van der Waals surface area contributed by atoms with Crippen molar-refractivity contribution >= 4 is 11.9 Å². The van der Waals surface area contributed by atoms with Gasteiger partial charge in [0.1, 0.15) is 6.61 Å². The van der Waals surface area contributed by atoms with E-state index >= 15 is 0 Å². The molecule has 0 aliphatic rings. The Morgan fingerprint density at radius 2 is 1.05 bits per heavy atom. The fourth-order valence-corrected chi connectivity index (χ4v) is 4.03. The molecule has 0 amide bonds. The van der Waals surface area contributed by atoms with E-state index in [1.165, 1.54) is 51.4 Å². The number of carbonyl (C=O) groups excluding carboxylic acids is 2. The molecule has 0 saturated heterocycles. The van der Waals surface area contributed by atoms with Gasteiger partial charge in [-0.15, -0.1) is 0 Å². The van der Waals surface area contributed by atoms with Gasteiger partial charge in [0.05, 0.1) is 6.61 Å². The Balaban J connectivity index is 3.66. The van der Waals surface area contributed by atoms with E-state index in [4.69, 9.17) is 9.47 Å². The van der Waals surface area contributed by atoms with Crippen LogP contribution in [0.5, 0.6) is 0 Å². The summed E-state index contributed by atoms with van der Waals surface area (Å²) in [6, 6.07) is 0. The maximum atomic E-state index is 12.0. The number of unbranched alkanes of at least 4 members (excludes halogenated alkanes) is 13. The molecule has 0 unspecified atom stereocenters. The van der Waals surface area contributed by atoms with Crippen molar-refractivity contribution in [3.05, 3.63) is 36.5 Å². The summed E-state index contributed by atoms with van der Waals surface area (Å²) in [6.07, 6.45) is 33.5. The van der Waals surface area contributed by atoms with Gasteiger partial charge in [0.15, 0.2) is 6.10 Å². The summed E-state index contributed by atoms with van der Waals surface area (Å²) < 4.78 is 10.5. The van der Waals surface area contributed by atoms with Crippen LogP contribution in [-0.4, -0.2) is 36.4 Å². The second kappa shape index (κ2) is 29.7. The number of hydrogen-bond acceptors (Lipinski definition) is 5. The molecule has 0 radical (unpaired) electrons. The monoisotopic (exact) mass is 534 g/mol. The van der Waals surface area contributed by atoms with Crippen LogP contribution < -0.4 is 0 Å². The molecule has 5 nitrogen and oxygen atoms in total. The number of rotatable bonds is 27. The van der Waals surface area contributed by atoms with E-state index in [1.807, 2.05) is 0 Å². The molecular weight excluding hydrogens is 476 g/mol. The molecule has 0 aromatic carbocycles. The van der Waals surface area contributed by atoms with Gasteiger partial charge in [0.25, 0.3) is 0 Å². The van der Waals surface area contributed by atoms with Crippen molar-refractivity contribution in [3.8, 4) is 0 Å². The SMILES string of the molecule is CCCCC/C=C/C/C=C/C/C=C/CCCCCCC(=O)O[C@@H](CO)COC(=O)CCCCCCCCC. The fourth-order valence-electron chi connectivity index (χ4n) is 4.03. The summed E-state index contributed by atoms with van der Waals surface area (Å²) in [6.45, 7) is 4.02. The highest BCUT2D eigenvalue weighted by molar-refractivity contribution is 5.70. The van der Waals surface area contributed by atoms with Crippen molar-refractivity contribution in [1.82, 2.24) is 0 Å². The van der Waals surface area contributed by atoms with Gasteiger partial charge in [-0.2, -0.15) is 0 Å². The van der Waals surface area contributed by atoms with E-state index < -0.39 is 6.10 Å². The van der Waals surface area contributed by atoms with E-state index in [2.05, 4.69) is 50.3 Å². The Kier molecular flexibility index (Phi) is 28.2. The molecule has 0 bridgehead atoms. The molecular formula is C33H58O5. The Labute approximate surface area is 234 Å². The third-order valence-corrected chi connectivity index (χ3v) is 6.44. The molecule has 0 fully saturated rings. The first kappa shape index (κ1) is 36.1. The predicted octanol–water partition coefficient (Wildman–Crippen LogP) is 8.94. The summed E-state index contributed by atoms with van der Waals surface area (Å²) in [5, 5.41) is 9.44. The summed E-state index contributed by atoms with van der Waals surface area (Å²) >= 11 is 0. The topological polar surface area (TPSA) is 72.8 Å². The molecule has 0 aliphatic carbocycles. The molecule has 0 saturated carbocycles. The largest absolute Gasteiger partial charge is 0.462 e. The number of aliphatic hydroxyl groups is 1. The number of hydrogen-bond donors (Lipinski definition) is 1. The van der Waals surface area contributed by atoms with E-state index in [0.717, 1.165) is 64.2 Å². The van der Waals surface area contributed by atoms with Crippen molar-refractivity contribution in [2.24, 2.45) is 0 Å². The third kappa shape index (κ3) is 27.2. The van der Waals surface area contributed by atoms with Crippen LogP contribution in [0, 0.1) is 0 Å². The molecule has 0 aromatic rings. The highest BCUT2D eigenvalue weighted by atomic mass is 16.6. The first-order valence-corrected chi connectivity index (χ1v) is 15.5. The summed E-state index contributed by atoms with van der Waals surface area (Å²) in [7, 11) is 0. The minimum atomic E-state index is -0.776. The van der Waals surface area contributed by atoms with Gasteiger partial charge in [-0.05, 0) is 51.4 Å². The standard InChI is InChI=1S/C33H58O5/c1-3-5-7-9-11-12-13-14-15-16-17-18-19-20-22-24-26-28-33(36)38-31(29-34)30-37-32(35)27-25-23-21-10-8-6-4-2/h11-12,14-15,17-18,31,34H,3-10,13,16,19-30H2,1-2H3/b12-11+,15-14+,18-17+/t31-/m0/s1. The molecule has 38 heavy (non-hydrogen) atoms. The zero-order valence-corrected chi connectivity index (χ0v) is 24.7. The van der Waals surface area contributed by atoms with Gasteiger partial charge in [-0.1, -0.05) is 115 Å². The number of allylic oxidation sites excluding steroid dienone is 6. The number of esters is 2. The van der Waals surface area contributed by atoms with Gasteiger partial charge in [-0.25, -0.2) is 0 Å². The highest BCUT2D eigenvalue weighted by Gasteiger charge is 2.16. The van der Waals surface area contributed by atoms with Gasteiger partial charge in [0.2, 0.25) is 0 Å². The molecule has 220 valence electrons. The number of aliphatic hydroxyl groups excluding tert-OH is 1. The minimum Gasteiger partial charge on any atom is -0.462 e. The lowest BCUT2D eigenvalue weighted by Gasteiger charge is -2.15.